The predicted octanol–water partition coefficient (Wildman–Crippen LogP) is 1.60. The molecule has 2 heterocycles. The standard InChI is InChI=1S/C9H6F5N3O2/c10-8(11,9(12,13)14)4-19-5-1-2-6-15-16-7(18)17(6)3-5/h1-3H,4H2,(H,16,18). The molecule has 2 aromatic heterocycles. The Kier molecular flexibility index (Phi) is 2.95. The molecule has 0 saturated heterocycles. The first kappa shape index (κ1) is 13.3. The molecule has 0 aromatic carbocycles. The molecule has 2 aromatic rings. The van der Waals surface area contributed by atoms with Crippen LogP contribution in [0.15, 0.2) is 23.1 Å². The van der Waals surface area contributed by atoms with E-state index in [4.69, 9.17) is 0 Å². The van der Waals surface area contributed by atoms with Gasteiger partial charge in [-0.25, -0.2) is 14.3 Å². The van der Waals surface area contributed by atoms with Gasteiger partial charge in [-0.2, -0.15) is 27.1 Å². The number of ether oxygens (including phenoxy) is 1. The summed E-state index contributed by atoms with van der Waals surface area (Å²) in [6, 6.07) is 2.36. The van der Waals surface area contributed by atoms with Crippen LogP contribution in [0, 0.1) is 0 Å². The summed E-state index contributed by atoms with van der Waals surface area (Å²) >= 11 is 0. The highest BCUT2D eigenvalue weighted by Crippen LogP contribution is 2.35. The molecule has 19 heavy (non-hydrogen) atoms. The van der Waals surface area contributed by atoms with Crippen LogP contribution in [0.2, 0.25) is 0 Å². The molecule has 0 amide bonds. The lowest BCUT2D eigenvalue weighted by molar-refractivity contribution is -0.290. The van der Waals surface area contributed by atoms with E-state index in [1.165, 1.54) is 6.07 Å². The predicted molar refractivity (Wildman–Crippen MR) is 52.3 cm³/mol. The number of hydrogen-bond acceptors (Lipinski definition) is 3. The molecule has 0 spiro atoms. The minimum absolute atomic E-state index is 0.180. The zero-order valence-electron chi connectivity index (χ0n) is 9.04. The fourth-order valence-corrected chi connectivity index (χ4v) is 1.23. The van der Waals surface area contributed by atoms with E-state index in [1.807, 2.05) is 0 Å². The van der Waals surface area contributed by atoms with Crippen LogP contribution in [-0.2, 0) is 0 Å². The van der Waals surface area contributed by atoms with Gasteiger partial charge in [-0.1, -0.05) is 0 Å². The molecule has 104 valence electrons. The van der Waals surface area contributed by atoms with Crippen molar-refractivity contribution in [2.24, 2.45) is 0 Å². The summed E-state index contributed by atoms with van der Waals surface area (Å²) in [5.74, 6) is -5.27. The van der Waals surface area contributed by atoms with E-state index >= 15 is 0 Å². The largest absolute Gasteiger partial charge is 0.485 e. The second-order valence-corrected chi connectivity index (χ2v) is 3.61. The average Bonchev–Trinajstić information content (AvgIpc) is 2.67. The second-order valence-electron chi connectivity index (χ2n) is 3.61. The van der Waals surface area contributed by atoms with Gasteiger partial charge < -0.3 is 4.74 Å². The molecule has 0 aliphatic carbocycles. The maximum absolute atomic E-state index is 12.6. The third-order valence-corrected chi connectivity index (χ3v) is 2.22. The van der Waals surface area contributed by atoms with Gasteiger partial charge in [0.1, 0.15) is 5.75 Å². The summed E-state index contributed by atoms with van der Waals surface area (Å²) < 4.78 is 66.2. The smallest absolute Gasteiger partial charge is 0.456 e. The Labute approximate surface area is 101 Å². The average molecular weight is 283 g/mol. The van der Waals surface area contributed by atoms with Crippen LogP contribution in [0.3, 0.4) is 0 Å². The van der Waals surface area contributed by atoms with Gasteiger partial charge in [0.25, 0.3) is 0 Å². The summed E-state index contributed by atoms with van der Waals surface area (Å²) in [5.41, 5.74) is -0.483. The molecule has 0 radical (unpaired) electrons. The fourth-order valence-electron chi connectivity index (χ4n) is 1.23. The Hall–Kier alpha value is -2.13. The van der Waals surface area contributed by atoms with Crippen molar-refractivity contribution < 1.29 is 26.7 Å². The van der Waals surface area contributed by atoms with Crippen LogP contribution in [0.4, 0.5) is 22.0 Å². The second kappa shape index (κ2) is 4.21. The molecule has 10 heteroatoms. The van der Waals surface area contributed by atoms with E-state index in [0.717, 1.165) is 16.7 Å². The highest BCUT2D eigenvalue weighted by molar-refractivity contribution is 5.39. The number of pyridine rings is 1. The van der Waals surface area contributed by atoms with E-state index in [9.17, 15) is 26.7 Å². The first-order chi connectivity index (χ1) is 8.71. The SMILES string of the molecule is O=c1[nH]nc2ccc(OCC(F)(F)C(F)(F)F)cn12. The van der Waals surface area contributed by atoms with E-state index < -0.39 is 24.4 Å². The van der Waals surface area contributed by atoms with E-state index in [0.29, 0.717) is 0 Å². The number of H-pyrrole nitrogens is 1. The summed E-state index contributed by atoms with van der Waals surface area (Å²) in [6.07, 6.45) is -4.73. The quantitative estimate of drug-likeness (QED) is 0.870. The molecule has 0 fully saturated rings. The monoisotopic (exact) mass is 283 g/mol. The van der Waals surface area contributed by atoms with Crippen molar-refractivity contribution in [3.05, 3.63) is 28.8 Å². The van der Waals surface area contributed by atoms with E-state index in [-0.39, 0.29) is 11.4 Å². The highest BCUT2D eigenvalue weighted by Gasteiger charge is 2.58. The lowest BCUT2D eigenvalue weighted by Gasteiger charge is -2.19. The molecule has 0 saturated carbocycles. The minimum atomic E-state index is -5.69. The van der Waals surface area contributed by atoms with Crippen LogP contribution in [-0.4, -0.2) is 33.3 Å². The Bertz CT molecular complexity index is 645. The number of rotatable bonds is 3. The summed E-state index contributed by atoms with van der Waals surface area (Å²) in [6.45, 7) is -1.87. The number of nitrogens with one attached hydrogen (secondary N) is 1. The van der Waals surface area contributed by atoms with E-state index in [1.54, 1.807) is 0 Å². The lowest BCUT2D eigenvalue weighted by Crippen LogP contribution is -2.41. The number of hydrogen-bond donors (Lipinski definition) is 1. The Balaban J connectivity index is 2.18. The molecule has 0 atom stereocenters. The van der Waals surface area contributed by atoms with Gasteiger partial charge in [0.05, 0.1) is 6.20 Å². The molecular weight excluding hydrogens is 277 g/mol. The molecule has 0 unspecified atom stereocenters. The van der Waals surface area contributed by atoms with Gasteiger partial charge in [0, 0.05) is 0 Å². The van der Waals surface area contributed by atoms with Crippen molar-refractivity contribution in [3.8, 4) is 5.75 Å². The van der Waals surface area contributed by atoms with Crippen molar-refractivity contribution in [2.45, 2.75) is 12.1 Å². The first-order valence-corrected chi connectivity index (χ1v) is 4.85. The number of alkyl halides is 5. The Morgan fingerprint density at radius 1 is 1.26 bits per heavy atom. The topological polar surface area (TPSA) is 59.4 Å². The molecular formula is C9H6F5N3O2. The summed E-state index contributed by atoms with van der Waals surface area (Å²) in [7, 11) is 0. The fraction of sp³-hybridized carbons (Fsp3) is 0.333. The maximum atomic E-state index is 12.6. The molecule has 1 N–H and O–H groups in total. The summed E-state index contributed by atoms with van der Waals surface area (Å²) in [5, 5.41) is 5.62. The van der Waals surface area contributed by atoms with Crippen molar-refractivity contribution in [1.29, 1.82) is 0 Å². The highest BCUT2D eigenvalue weighted by atomic mass is 19.4. The van der Waals surface area contributed by atoms with Gasteiger partial charge in [-0.15, -0.1) is 0 Å². The summed E-state index contributed by atoms with van der Waals surface area (Å²) in [4.78, 5) is 11.2. The number of aromatic nitrogens is 3. The van der Waals surface area contributed by atoms with Gasteiger partial charge in [0.2, 0.25) is 0 Å². The molecule has 0 bridgehead atoms. The van der Waals surface area contributed by atoms with Crippen LogP contribution in [0.1, 0.15) is 0 Å². The van der Waals surface area contributed by atoms with Gasteiger partial charge in [-0.3, -0.25) is 0 Å². The van der Waals surface area contributed by atoms with E-state index in [2.05, 4.69) is 14.9 Å². The normalized spacial score (nSPS) is 12.9. The van der Waals surface area contributed by atoms with Gasteiger partial charge in [-0.05, 0) is 12.1 Å². The van der Waals surface area contributed by atoms with Crippen molar-refractivity contribution in [2.75, 3.05) is 6.61 Å². The maximum Gasteiger partial charge on any atom is 0.456 e. The number of aromatic amines is 1. The minimum Gasteiger partial charge on any atom is -0.485 e. The third-order valence-electron chi connectivity index (χ3n) is 2.22. The lowest BCUT2D eigenvalue weighted by atomic mass is 10.3. The Morgan fingerprint density at radius 3 is 2.58 bits per heavy atom. The molecule has 2 rings (SSSR count). The zero-order valence-corrected chi connectivity index (χ0v) is 9.04. The number of fused-ring (bicyclic) bond motifs is 1. The molecule has 0 aliphatic rings. The first-order valence-electron chi connectivity index (χ1n) is 4.85. The van der Waals surface area contributed by atoms with Crippen LogP contribution >= 0.6 is 0 Å². The van der Waals surface area contributed by atoms with Crippen LogP contribution in [0.5, 0.6) is 5.75 Å². The Morgan fingerprint density at radius 2 is 1.95 bits per heavy atom. The zero-order chi connectivity index (χ0) is 14.3. The molecule has 5 nitrogen and oxygen atoms in total. The van der Waals surface area contributed by atoms with Crippen molar-refractivity contribution in [1.82, 2.24) is 14.6 Å². The van der Waals surface area contributed by atoms with Crippen molar-refractivity contribution >= 4 is 5.65 Å². The number of nitrogens with zero attached hydrogens (tertiary/aromatic N) is 2. The van der Waals surface area contributed by atoms with Crippen molar-refractivity contribution in [3.63, 3.8) is 0 Å². The third kappa shape index (κ3) is 2.51. The van der Waals surface area contributed by atoms with Gasteiger partial charge >= 0.3 is 17.8 Å². The van der Waals surface area contributed by atoms with Gasteiger partial charge in [0.15, 0.2) is 12.3 Å². The molecule has 0 aliphatic heterocycles. The van der Waals surface area contributed by atoms with Crippen LogP contribution in [0.25, 0.3) is 5.65 Å². The number of halogens is 5. The van der Waals surface area contributed by atoms with Crippen LogP contribution < -0.4 is 10.4 Å².